The van der Waals surface area contributed by atoms with Crippen molar-refractivity contribution < 1.29 is 9.47 Å². The molecule has 0 radical (unpaired) electrons. The van der Waals surface area contributed by atoms with E-state index in [1.807, 2.05) is 24.3 Å². The molecule has 0 aliphatic rings. The van der Waals surface area contributed by atoms with Crippen LogP contribution in [0.1, 0.15) is 38.5 Å². The van der Waals surface area contributed by atoms with Gasteiger partial charge in [0.1, 0.15) is 22.5 Å². The van der Waals surface area contributed by atoms with E-state index < -0.39 is 0 Å². The molecule has 4 nitrogen and oxygen atoms in total. The summed E-state index contributed by atoms with van der Waals surface area (Å²) in [6.45, 7) is 8.88. The van der Waals surface area contributed by atoms with Crippen LogP contribution in [0.2, 0.25) is 0 Å². The van der Waals surface area contributed by atoms with Gasteiger partial charge in [-0.25, -0.2) is 0 Å². The molecule has 1 aromatic carbocycles. The Hall–Kier alpha value is -2.88. The Morgan fingerprint density at radius 1 is 0.679 bits per heavy atom. The molecule has 0 aliphatic heterocycles. The second-order valence-electron chi connectivity index (χ2n) is 6.74. The lowest BCUT2D eigenvalue weighted by Gasteiger charge is -2.12. The second kappa shape index (κ2) is 10.5. The number of nitrogens with zero attached hydrogens (tertiary/aromatic N) is 2. The first-order chi connectivity index (χ1) is 13.8. The molecule has 0 fully saturated rings. The van der Waals surface area contributed by atoms with Crippen LogP contribution in [0, 0.1) is 0 Å². The van der Waals surface area contributed by atoms with Gasteiger partial charge in [0.25, 0.3) is 0 Å². The zero-order valence-electron chi connectivity index (χ0n) is 16.4. The molecular formula is C24H28N2O2. The van der Waals surface area contributed by atoms with E-state index in [0.29, 0.717) is 13.2 Å². The van der Waals surface area contributed by atoms with Crippen LogP contribution in [0.25, 0.3) is 21.8 Å². The molecule has 0 unspecified atom stereocenters. The average Bonchev–Trinajstić information content (AvgIpc) is 2.73. The van der Waals surface area contributed by atoms with Gasteiger partial charge in [-0.3, -0.25) is 9.97 Å². The minimum Gasteiger partial charge on any atom is -0.493 e. The minimum atomic E-state index is 0.687. The standard InChI is InChI=1S/C24H28N2O2/c1-3-5-7-9-17-27-21-13-15-25-23-19(21)11-12-20-22(14-16-26-24(20)23)28-18-10-8-6-4-2/h3-4,11-16H,1-2,5-10,17-18H2. The smallest absolute Gasteiger partial charge is 0.130 e. The van der Waals surface area contributed by atoms with Crippen molar-refractivity contribution in [2.45, 2.75) is 38.5 Å². The number of aromatic nitrogens is 2. The zero-order chi connectivity index (χ0) is 19.6. The van der Waals surface area contributed by atoms with Gasteiger partial charge >= 0.3 is 0 Å². The highest BCUT2D eigenvalue weighted by molar-refractivity contribution is 6.06. The zero-order valence-corrected chi connectivity index (χ0v) is 16.4. The molecule has 146 valence electrons. The molecule has 0 aliphatic carbocycles. The van der Waals surface area contributed by atoms with Crippen molar-refractivity contribution in [3.63, 3.8) is 0 Å². The van der Waals surface area contributed by atoms with Crippen LogP contribution in [0.5, 0.6) is 11.5 Å². The SMILES string of the molecule is C=CCCCCOc1ccnc2c1ccc1c(OCCCCC=C)ccnc12. The molecule has 4 heteroatoms. The molecule has 28 heavy (non-hydrogen) atoms. The maximum Gasteiger partial charge on any atom is 0.130 e. The van der Waals surface area contributed by atoms with Gasteiger partial charge in [-0.05, 0) is 62.8 Å². The monoisotopic (exact) mass is 376 g/mol. The van der Waals surface area contributed by atoms with Crippen LogP contribution >= 0.6 is 0 Å². The second-order valence-corrected chi connectivity index (χ2v) is 6.74. The molecule has 0 atom stereocenters. The average molecular weight is 377 g/mol. The number of unbranched alkanes of at least 4 members (excludes halogenated alkanes) is 4. The van der Waals surface area contributed by atoms with E-state index in [-0.39, 0.29) is 0 Å². The van der Waals surface area contributed by atoms with Crippen LogP contribution in [-0.4, -0.2) is 23.2 Å². The summed E-state index contributed by atoms with van der Waals surface area (Å²) < 4.78 is 12.0. The van der Waals surface area contributed by atoms with Crippen LogP contribution in [0.3, 0.4) is 0 Å². The molecule has 0 spiro atoms. The number of pyridine rings is 2. The quantitative estimate of drug-likeness (QED) is 0.213. The van der Waals surface area contributed by atoms with Crippen molar-refractivity contribution in [3.8, 4) is 11.5 Å². The molecule has 3 aromatic rings. The van der Waals surface area contributed by atoms with Crippen LogP contribution in [0.15, 0.2) is 62.0 Å². The van der Waals surface area contributed by atoms with Crippen LogP contribution in [0.4, 0.5) is 0 Å². The predicted octanol–water partition coefficient (Wildman–Crippen LogP) is 6.25. The van der Waals surface area contributed by atoms with Gasteiger partial charge in [0.15, 0.2) is 0 Å². The molecule has 2 heterocycles. The van der Waals surface area contributed by atoms with Gasteiger partial charge < -0.3 is 9.47 Å². The van der Waals surface area contributed by atoms with Crippen molar-refractivity contribution in [1.29, 1.82) is 0 Å². The lowest BCUT2D eigenvalue weighted by Crippen LogP contribution is -2.00. The summed E-state index contributed by atoms with van der Waals surface area (Å²) in [6.07, 6.45) is 13.7. The third kappa shape index (κ3) is 4.89. The molecule has 0 amide bonds. The summed E-state index contributed by atoms with van der Waals surface area (Å²) in [5, 5.41) is 1.96. The van der Waals surface area contributed by atoms with Gasteiger partial charge in [0, 0.05) is 23.2 Å². The first-order valence-corrected chi connectivity index (χ1v) is 9.99. The number of hydrogen-bond donors (Lipinski definition) is 0. The summed E-state index contributed by atoms with van der Waals surface area (Å²) in [5.74, 6) is 1.70. The number of rotatable bonds is 12. The van der Waals surface area contributed by atoms with Crippen molar-refractivity contribution in [2.24, 2.45) is 0 Å². The Kier molecular flexibility index (Phi) is 7.42. The van der Waals surface area contributed by atoms with Gasteiger partial charge in [0.05, 0.1) is 13.2 Å². The molecule has 0 bridgehead atoms. The third-order valence-corrected chi connectivity index (χ3v) is 4.66. The third-order valence-electron chi connectivity index (χ3n) is 4.66. The maximum atomic E-state index is 6.01. The highest BCUT2D eigenvalue weighted by Crippen LogP contribution is 2.33. The fraction of sp³-hybridized carbons (Fsp3) is 0.333. The first kappa shape index (κ1) is 19.9. The predicted molar refractivity (Wildman–Crippen MR) is 116 cm³/mol. The first-order valence-electron chi connectivity index (χ1n) is 9.99. The fourth-order valence-electron chi connectivity index (χ4n) is 3.17. The summed E-state index contributed by atoms with van der Waals surface area (Å²) in [7, 11) is 0. The normalized spacial score (nSPS) is 10.9. The fourth-order valence-corrected chi connectivity index (χ4v) is 3.17. The van der Waals surface area contributed by atoms with Gasteiger partial charge in [0.2, 0.25) is 0 Å². The van der Waals surface area contributed by atoms with E-state index in [0.717, 1.165) is 71.8 Å². The maximum absolute atomic E-state index is 6.01. The lowest BCUT2D eigenvalue weighted by atomic mass is 10.1. The Balaban J connectivity index is 1.79. The number of allylic oxidation sites excluding steroid dienone is 2. The summed E-state index contributed by atoms with van der Waals surface area (Å²) in [6, 6.07) is 7.94. The van der Waals surface area contributed by atoms with E-state index in [4.69, 9.17) is 9.47 Å². The molecule has 2 aromatic heterocycles. The largest absolute Gasteiger partial charge is 0.493 e. The lowest BCUT2D eigenvalue weighted by molar-refractivity contribution is 0.310. The molecule has 0 saturated carbocycles. The van der Waals surface area contributed by atoms with Crippen molar-refractivity contribution in [2.75, 3.05) is 13.2 Å². The van der Waals surface area contributed by atoms with Crippen LogP contribution < -0.4 is 9.47 Å². The van der Waals surface area contributed by atoms with E-state index in [9.17, 15) is 0 Å². The van der Waals surface area contributed by atoms with E-state index >= 15 is 0 Å². The summed E-state index contributed by atoms with van der Waals surface area (Å²) >= 11 is 0. The van der Waals surface area contributed by atoms with E-state index in [1.54, 1.807) is 12.4 Å². The van der Waals surface area contributed by atoms with Gasteiger partial charge in [-0.15, -0.1) is 13.2 Å². The Bertz CT molecular complexity index is 860. The molecule has 0 N–H and O–H groups in total. The van der Waals surface area contributed by atoms with Gasteiger partial charge in [-0.2, -0.15) is 0 Å². The van der Waals surface area contributed by atoms with Crippen molar-refractivity contribution in [3.05, 3.63) is 62.0 Å². The molecule has 0 saturated heterocycles. The topological polar surface area (TPSA) is 44.2 Å². The van der Waals surface area contributed by atoms with Crippen LogP contribution in [-0.2, 0) is 0 Å². The number of fused-ring (bicyclic) bond motifs is 3. The van der Waals surface area contributed by atoms with Gasteiger partial charge in [-0.1, -0.05) is 12.2 Å². The molecule has 3 rings (SSSR count). The van der Waals surface area contributed by atoms with E-state index in [1.165, 1.54) is 0 Å². The summed E-state index contributed by atoms with van der Waals surface area (Å²) in [5.41, 5.74) is 1.69. The Morgan fingerprint density at radius 3 is 1.57 bits per heavy atom. The molecular weight excluding hydrogens is 348 g/mol. The Labute approximate surface area is 166 Å². The van der Waals surface area contributed by atoms with E-state index in [2.05, 4.69) is 35.3 Å². The van der Waals surface area contributed by atoms with Crippen molar-refractivity contribution in [1.82, 2.24) is 9.97 Å². The number of ether oxygens (including phenoxy) is 2. The van der Waals surface area contributed by atoms with Crippen molar-refractivity contribution >= 4 is 21.8 Å². The minimum absolute atomic E-state index is 0.687. The number of hydrogen-bond acceptors (Lipinski definition) is 4. The number of benzene rings is 1. The highest BCUT2D eigenvalue weighted by Gasteiger charge is 2.11. The highest BCUT2D eigenvalue weighted by atomic mass is 16.5. The Morgan fingerprint density at radius 2 is 1.14 bits per heavy atom. The summed E-state index contributed by atoms with van der Waals surface area (Å²) in [4.78, 5) is 9.13.